The first kappa shape index (κ1) is 27.1. The predicted molar refractivity (Wildman–Crippen MR) is 133 cm³/mol. The highest BCUT2D eigenvalue weighted by Gasteiger charge is 2.32. The number of hydrogen-bond donors (Lipinski definition) is 1. The van der Waals surface area contributed by atoms with Crippen LogP contribution in [0.4, 0.5) is 5.69 Å². The molecular formula is C24H34N4O5S. The van der Waals surface area contributed by atoms with Gasteiger partial charge in [-0.2, -0.15) is 12.7 Å². The molecule has 2 rings (SSSR count). The van der Waals surface area contributed by atoms with Crippen molar-refractivity contribution < 1.29 is 22.7 Å². The molecule has 1 atom stereocenters. The minimum absolute atomic E-state index is 0.133. The second kappa shape index (κ2) is 12.4. The van der Waals surface area contributed by atoms with Crippen LogP contribution in [-0.2, 0) is 26.3 Å². The van der Waals surface area contributed by atoms with E-state index in [0.717, 1.165) is 20.6 Å². The minimum atomic E-state index is -3.96. The first-order valence-electron chi connectivity index (χ1n) is 11.1. The monoisotopic (exact) mass is 490 g/mol. The quantitative estimate of drug-likeness (QED) is 0.492. The van der Waals surface area contributed by atoms with Gasteiger partial charge in [0.2, 0.25) is 11.8 Å². The molecule has 186 valence electrons. The van der Waals surface area contributed by atoms with Gasteiger partial charge >= 0.3 is 10.2 Å². The van der Waals surface area contributed by atoms with Crippen LogP contribution in [0.3, 0.4) is 0 Å². The molecule has 0 aromatic heterocycles. The van der Waals surface area contributed by atoms with Gasteiger partial charge in [-0.05, 0) is 43.2 Å². The van der Waals surface area contributed by atoms with Crippen molar-refractivity contribution in [1.29, 1.82) is 0 Å². The molecule has 0 unspecified atom stereocenters. The maximum atomic E-state index is 13.5. The van der Waals surface area contributed by atoms with Crippen molar-refractivity contribution in [3.8, 4) is 5.75 Å². The Morgan fingerprint density at radius 1 is 1.03 bits per heavy atom. The molecule has 2 amide bonds. The number of nitrogens with zero attached hydrogens (tertiary/aromatic N) is 3. The van der Waals surface area contributed by atoms with Gasteiger partial charge in [-0.3, -0.25) is 9.59 Å². The number of ether oxygens (including phenoxy) is 1. The number of para-hydroxylation sites is 1. The molecule has 0 heterocycles. The number of methoxy groups -OCH3 is 1. The molecule has 34 heavy (non-hydrogen) atoms. The SMILES string of the molecule is CCCNC(=O)[C@H](C)N(Cc1ccc(OC)cc1)C(=O)CN(c1ccccc1)S(=O)(=O)N(C)C. The first-order valence-corrected chi connectivity index (χ1v) is 12.5. The van der Waals surface area contributed by atoms with Crippen LogP contribution in [0.1, 0.15) is 25.8 Å². The Balaban J connectivity index is 2.39. The lowest BCUT2D eigenvalue weighted by Gasteiger charge is -2.32. The molecule has 10 heteroatoms. The molecule has 0 aliphatic heterocycles. The Morgan fingerprint density at radius 2 is 1.65 bits per heavy atom. The molecule has 0 saturated carbocycles. The molecule has 2 aromatic rings. The molecule has 0 bridgehead atoms. The van der Waals surface area contributed by atoms with E-state index in [4.69, 9.17) is 4.74 Å². The van der Waals surface area contributed by atoms with Crippen molar-refractivity contribution in [2.24, 2.45) is 0 Å². The number of benzene rings is 2. The number of amides is 2. The predicted octanol–water partition coefficient (Wildman–Crippen LogP) is 2.25. The molecule has 2 aromatic carbocycles. The summed E-state index contributed by atoms with van der Waals surface area (Å²) in [5, 5.41) is 2.81. The molecule has 0 radical (unpaired) electrons. The van der Waals surface area contributed by atoms with Crippen molar-refractivity contribution in [2.75, 3.05) is 38.6 Å². The summed E-state index contributed by atoms with van der Waals surface area (Å²) in [6, 6.07) is 14.8. The minimum Gasteiger partial charge on any atom is -0.497 e. The van der Waals surface area contributed by atoms with Crippen molar-refractivity contribution >= 4 is 27.7 Å². The average molecular weight is 491 g/mol. The van der Waals surface area contributed by atoms with Gasteiger partial charge in [0.05, 0.1) is 12.8 Å². The zero-order chi connectivity index (χ0) is 25.3. The fourth-order valence-corrected chi connectivity index (χ4v) is 4.27. The van der Waals surface area contributed by atoms with Crippen molar-refractivity contribution in [3.63, 3.8) is 0 Å². The van der Waals surface area contributed by atoms with Gasteiger partial charge in [-0.15, -0.1) is 0 Å². The van der Waals surface area contributed by atoms with E-state index in [1.807, 2.05) is 6.92 Å². The van der Waals surface area contributed by atoms with E-state index in [1.165, 1.54) is 19.0 Å². The van der Waals surface area contributed by atoms with Crippen LogP contribution >= 0.6 is 0 Å². The normalized spacial score (nSPS) is 12.2. The number of carbonyl (C=O) groups excluding carboxylic acids is 2. The summed E-state index contributed by atoms with van der Waals surface area (Å²) in [7, 11) is 0.420. The van der Waals surface area contributed by atoms with Crippen LogP contribution in [0, 0.1) is 0 Å². The molecule has 0 fully saturated rings. The standard InChI is InChI=1S/C24H34N4O5S/c1-6-16-25-24(30)19(2)27(17-20-12-14-22(33-5)15-13-20)23(29)18-28(34(31,32)26(3)4)21-10-8-7-9-11-21/h7-15,19H,6,16-18H2,1-5H3,(H,25,30)/t19-/m0/s1. The Morgan fingerprint density at radius 3 is 2.18 bits per heavy atom. The van der Waals surface area contributed by atoms with E-state index in [0.29, 0.717) is 18.0 Å². The highest BCUT2D eigenvalue weighted by molar-refractivity contribution is 7.90. The number of anilines is 1. The van der Waals surface area contributed by atoms with Crippen LogP contribution in [0.5, 0.6) is 5.75 Å². The van der Waals surface area contributed by atoms with Gasteiger partial charge in [0, 0.05) is 27.2 Å². The van der Waals surface area contributed by atoms with Crippen LogP contribution < -0.4 is 14.4 Å². The summed E-state index contributed by atoms with van der Waals surface area (Å²) in [6.45, 7) is 3.74. The largest absolute Gasteiger partial charge is 0.497 e. The van der Waals surface area contributed by atoms with Gasteiger partial charge < -0.3 is 15.0 Å². The molecule has 0 aliphatic rings. The third-order valence-electron chi connectivity index (χ3n) is 5.29. The Kier molecular flexibility index (Phi) is 9.88. The highest BCUT2D eigenvalue weighted by atomic mass is 32.2. The molecule has 0 spiro atoms. The third kappa shape index (κ3) is 6.94. The van der Waals surface area contributed by atoms with Crippen LogP contribution in [0.2, 0.25) is 0 Å². The summed E-state index contributed by atoms with van der Waals surface area (Å²) in [5.74, 6) is -0.127. The Bertz CT molecular complexity index is 1040. The van der Waals surface area contributed by atoms with Crippen LogP contribution in [-0.4, -0.2) is 69.8 Å². The number of rotatable bonds is 12. The van der Waals surface area contributed by atoms with E-state index in [-0.39, 0.29) is 12.5 Å². The van der Waals surface area contributed by atoms with E-state index in [2.05, 4.69) is 5.32 Å². The smallest absolute Gasteiger partial charge is 0.304 e. The van der Waals surface area contributed by atoms with Crippen molar-refractivity contribution in [2.45, 2.75) is 32.9 Å². The lowest BCUT2D eigenvalue weighted by atomic mass is 10.1. The van der Waals surface area contributed by atoms with Gasteiger partial charge in [-0.1, -0.05) is 37.3 Å². The first-order chi connectivity index (χ1) is 16.1. The van der Waals surface area contributed by atoms with Gasteiger partial charge in [-0.25, -0.2) is 4.31 Å². The Labute approximate surface area is 202 Å². The van der Waals surface area contributed by atoms with Gasteiger partial charge in [0.15, 0.2) is 0 Å². The Hall–Kier alpha value is -3.11. The summed E-state index contributed by atoms with van der Waals surface area (Å²) in [5.41, 5.74) is 1.14. The molecule has 1 N–H and O–H groups in total. The topological polar surface area (TPSA) is 99.3 Å². The molecule has 0 saturated heterocycles. The second-order valence-electron chi connectivity index (χ2n) is 7.97. The lowest BCUT2D eigenvalue weighted by Crippen LogP contribution is -2.52. The maximum absolute atomic E-state index is 13.5. The summed E-state index contributed by atoms with van der Waals surface area (Å²) >= 11 is 0. The van der Waals surface area contributed by atoms with Crippen LogP contribution in [0.25, 0.3) is 0 Å². The summed E-state index contributed by atoms with van der Waals surface area (Å²) in [6.07, 6.45) is 0.758. The summed E-state index contributed by atoms with van der Waals surface area (Å²) < 4.78 is 33.4. The van der Waals surface area contributed by atoms with Gasteiger partial charge in [0.1, 0.15) is 18.3 Å². The molecule has 0 aliphatic carbocycles. The van der Waals surface area contributed by atoms with Gasteiger partial charge in [0.25, 0.3) is 0 Å². The van der Waals surface area contributed by atoms with Crippen molar-refractivity contribution in [1.82, 2.24) is 14.5 Å². The van der Waals surface area contributed by atoms with E-state index in [9.17, 15) is 18.0 Å². The van der Waals surface area contributed by atoms with Crippen molar-refractivity contribution in [3.05, 3.63) is 60.2 Å². The fourth-order valence-electron chi connectivity index (χ4n) is 3.22. The van der Waals surface area contributed by atoms with E-state index >= 15 is 0 Å². The van der Waals surface area contributed by atoms with E-state index in [1.54, 1.807) is 68.6 Å². The van der Waals surface area contributed by atoms with Crippen LogP contribution in [0.15, 0.2) is 54.6 Å². The summed E-state index contributed by atoms with van der Waals surface area (Å²) in [4.78, 5) is 27.7. The third-order valence-corrected chi connectivity index (χ3v) is 7.11. The molecular weight excluding hydrogens is 456 g/mol. The zero-order valence-electron chi connectivity index (χ0n) is 20.4. The number of carbonyl (C=O) groups is 2. The van der Waals surface area contributed by atoms with E-state index < -0.39 is 28.7 Å². The lowest BCUT2D eigenvalue weighted by molar-refractivity contribution is -0.139. The average Bonchev–Trinajstić information content (AvgIpc) is 2.84. The highest BCUT2D eigenvalue weighted by Crippen LogP contribution is 2.21. The maximum Gasteiger partial charge on any atom is 0.304 e. The fraction of sp³-hybridized carbons (Fsp3) is 0.417. The number of nitrogens with one attached hydrogen (secondary N) is 1. The molecule has 9 nitrogen and oxygen atoms in total. The zero-order valence-corrected chi connectivity index (χ0v) is 21.2. The second-order valence-corrected chi connectivity index (χ2v) is 10.0. The number of hydrogen-bond acceptors (Lipinski definition) is 5.